The molecule has 100 valence electrons. The van der Waals surface area contributed by atoms with E-state index in [-0.39, 0.29) is 0 Å². The van der Waals surface area contributed by atoms with Crippen LogP contribution in [0.5, 0.6) is 0 Å². The molecule has 17 heavy (non-hydrogen) atoms. The second-order valence-electron chi connectivity index (χ2n) is 5.68. The molecule has 0 heterocycles. The van der Waals surface area contributed by atoms with Crippen LogP contribution in [0.1, 0.15) is 45.4 Å². The number of nitrogens with one attached hydrogen (secondary N) is 1. The largest absolute Gasteiger partial charge is 0.383 e. The first kappa shape index (κ1) is 13.3. The summed E-state index contributed by atoms with van der Waals surface area (Å²) < 4.78 is 5.21. The van der Waals surface area contributed by atoms with Crippen LogP contribution in [0.3, 0.4) is 0 Å². The van der Waals surface area contributed by atoms with Gasteiger partial charge in [-0.3, -0.25) is 4.90 Å². The Bertz CT molecular complexity index is 214. The fourth-order valence-electron chi connectivity index (χ4n) is 2.52. The van der Waals surface area contributed by atoms with Crippen molar-refractivity contribution in [3.05, 3.63) is 0 Å². The van der Waals surface area contributed by atoms with Crippen LogP contribution in [0, 0.1) is 0 Å². The van der Waals surface area contributed by atoms with Crippen molar-refractivity contribution in [1.29, 1.82) is 0 Å². The zero-order valence-electron chi connectivity index (χ0n) is 11.5. The Balaban J connectivity index is 1.58. The van der Waals surface area contributed by atoms with E-state index in [1.54, 1.807) is 7.11 Å². The lowest BCUT2D eigenvalue weighted by atomic mass is 10.1. The molecular formula is C14H28N2O. The highest BCUT2D eigenvalue weighted by Gasteiger charge is 2.31. The highest BCUT2D eigenvalue weighted by atomic mass is 16.5. The van der Waals surface area contributed by atoms with Crippen molar-refractivity contribution in [3.8, 4) is 0 Å². The summed E-state index contributed by atoms with van der Waals surface area (Å²) in [5.41, 5.74) is 0. The molecule has 1 N–H and O–H groups in total. The monoisotopic (exact) mass is 240 g/mol. The molecule has 2 aliphatic carbocycles. The second kappa shape index (κ2) is 6.72. The maximum atomic E-state index is 5.21. The van der Waals surface area contributed by atoms with Gasteiger partial charge in [0.2, 0.25) is 0 Å². The molecule has 0 spiro atoms. The van der Waals surface area contributed by atoms with Crippen molar-refractivity contribution in [2.75, 3.05) is 26.8 Å². The van der Waals surface area contributed by atoms with E-state index in [9.17, 15) is 0 Å². The van der Waals surface area contributed by atoms with E-state index in [2.05, 4.69) is 17.1 Å². The minimum Gasteiger partial charge on any atom is -0.383 e. The lowest BCUT2D eigenvalue weighted by molar-refractivity contribution is 0.115. The third-order valence-corrected chi connectivity index (χ3v) is 3.94. The zero-order valence-corrected chi connectivity index (χ0v) is 11.5. The Morgan fingerprint density at radius 3 is 2.65 bits per heavy atom. The van der Waals surface area contributed by atoms with Gasteiger partial charge in [0.1, 0.15) is 0 Å². The minimum absolute atomic E-state index is 0.721. The van der Waals surface area contributed by atoms with Crippen molar-refractivity contribution < 1.29 is 4.74 Å². The van der Waals surface area contributed by atoms with Crippen molar-refractivity contribution in [1.82, 2.24) is 10.2 Å². The fourth-order valence-corrected chi connectivity index (χ4v) is 2.52. The van der Waals surface area contributed by atoms with Crippen LogP contribution in [0.2, 0.25) is 0 Å². The molecule has 2 saturated carbocycles. The maximum Gasteiger partial charge on any atom is 0.0589 e. The van der Waals surface area contributed by atoms with Crippen molar-refractivity contribution in [3.63, 3.8) is 0 Å². The highest BCUT2D eigenvalue weighted by Crippen LogP contribution is 2.29. The molecule has 2 aliphatic rings. The number of hydrogen-bond donors (Lipinski definition) is 1. The molecule has 0 saturated heterocycles. The first-order valence-electron chi connectivity index (χ1n) is 7.29. The van der Waals surface area contributed by atoms with Gasteiger partial charge in [0.15, 0.2) is 0 Å². The lowest BCUT2D eigenvalue weighted by Gasteiger charge is -2.29. The number of ether oxygens (including phenoxy) is 1. The standard InChI is InChI=1S/C14H28N2O/c1-12(4-3-9-15-13-5-6-13)16(10-11-17-2)14-7-8-14/h12-15H,3-11H2,1-2H3. The summed E-state index contributed by atoms with van der Waals surface area (Å²) >= 11 is 0. The first-order chi connectivity index (χ1) is 8.31. The van der Waals surface area contributed by atoms with E-state index in [0.29, 0.717) is 0 Å². The fraction of sp³-hybridized carbons (Fsp3) is 1.00. The molecule has 2 rings (SSSR count). The molecule has 0 aromatic heterocycles. The predicted molar refractivity (Wildman–Crippen MR) is 71.3 cm³/mol. The van der Waals surface area contributed by atoms with E-state index < -0.39 is 0 Å². The van der Waals surface area contributed by atoms with Crippen LogP contribution in [-0.2, 0) is 4.74 Å². The van der Waals surface area contributed by atoms with Gasteiger partial charge in [-0.2, -0.15) is 0 Å². The summed E-state index contributed by atoms with van der Waals surface area (Å²) in [6.07, 6.45) is 8.23. The second-order valence-corrected chi connectivity index (χ2v) is 5.68. The Kier molecular flexibility index (Phi) is 5.26. The molecule has 0 bridgehead atoms. The number of hydrogen-bond acceptors (Lipinski definition) is 3. The van der Waals surface area contributed by atoms with Crippen molar-refractivity contribution in [2.45, 2.75) is 63.6 Å². The average Bonchev–Trinajstić information content (AvgIpc) is 3.16. The highest BCUT2D eigenvalue weighted by molar-refractivity contribution is 4.87. The Morgan fingerprint density at radius 1 is 1.29 bits per heavy atom. The number of rotatable bonds is 10. The van der Waals surface area contributed by atoms with E-state index in [1.165, 1.54) is 45.1 Å². The number of methoxy groups -OCH3 is 1. The predicted octanol–water partition coefficient (Wildman–Crippen LogP) is 2.02. The van der Waals surface area contributed by atoms with Gasteiger partial charge in [-0.1, -0.05) is 0 Å². The van der Waals surface area contributed by atoms with E-state index in [1.807, 2.05) is 0 Å². The average molecular weight is 240 g/mol. The van der Waals surface area contributed by atoms with Crippen LogP contribution < -0.4 is 5.32 Å². The van der Waals surface area contributed by atoms with Gasteiger partial charge in [-0.05, 0) is 52.0 Å². The number of nitrogens with zero attached hydrogens (tertiary/aromatic N) is 1. The molecule has 0 amide bonds. The maximum absolute atomic E-state index is 5.21. The summed E-state index contributed by atoms with van der Waals surface area (Å²) in [7, 11) is 1.80. The van der Waals surface area contributed by atoms with E-state index in [0.717, 1.165) is 31.3 Å². The van der Waals surface area contributed by atoms with Crippen LogP contribution in [-0.4, -0.2) is 49.8 Å². The van der Waals surface area contributed by atoms with E-state index >= 15 is 0 Å². The summed E-state index contributed by atoms with van der Waals surface area (Å²) in [6, 6.07) is 2.44. The van der Waals surface area contributed by atoms with E-state index in [4.69, 9.17) is 4.74 Å². The molecule has 2 fully saturated rings. The molecule has 0 aliphatic heterocycles. The summed E-state index contributed by atoms with van der Waals surface area (Å²) in [5, 5.41) is 3.60. The Morgan fingerprint density at radius 2 is 2.06 bits per heavy atom. The third-order valence-electron chi connectivity index (χ3n) is 3.94. The molecule has 3 nitrogen and oxygen atoms in total. The Labute approximate surface area is 106 Å². The molecular weight excluding hydrogens is 212 g/mol. The summed E-state index contributed by atoms with van der Waals surface area (Å²) in [5.74, 6) is 0. The SMILES string of the molecule is COCCN(C(C)CCCNC1CC1)C1CC1. The van der Waals surface area contributed by atoms with Gasteiger partial charge in [0.05, 0.1) is 6.61 Å². The van der Waals surface area contributed by atoms with Gasteiger partial charge in [-0.15, -0.1) is 0 Å². The van der Waals surface area contributed by atoms with Gasteiger partial charge >= 0.3 is 0 Å². The Hall–Kier alpha value is -0.120. The lowest BCUT2D eigenvalue weighted by Crippen LogP contribution is -2.38. The molecule has 1 unspecified atom stereocenters. The summed E-state index contributed by atoms with van der Waals surface area (Å²) in [6.45, 7) is 5.57. The topological polar surface area (TPSA) is 24.5 Å². The summed E-state index contributed by atoms with van der Waals surface area (Å²) in [4.78, 5) is 2.65. The molecule has 0 aromatic carbocycles. The van der Waals surface area contributed by atoms with Crippen molar-refractivity contribution in [2.24, 2.45) is 0 Å². The van der Waals surface area contributed by atoms with Crippen LogP contribution in [0.15, 0.2) is 0 Å². The minimum atomic E-state index is 0.721. The van der Waals surface area contributed by atoms with Crippen molar-refractivity contribution >= 4 is 0 Å². The van der Waals surface area contributed by atoms with Gasteiger partial charge in [0, 0.05) is 31.8 Å². The molecule has 1 atom stereocenters. The smallest absolute Gasteiger partial charge is 0.0589 e. The molecule has 0 radical (unpaired) electrons. The zero-order chi connectivity index (χ0) is 12.1. The quantitative estimate of drug-likeness (QED) is 0.591. The normalized spacial score (nSPS) is 22.1. The van der Waals surface area contributed by atoms with Gasteiger partial charge < -0.3 is 10.1 Å². The molecule has 0 aromatic rings. The first-order valence-corrected chi connectivity index (χ1v) is 7.29. The van der Waals surface area contributed by atoms with Crippen LogP contribution in [0.25, 0.3) is 0 Å². The van der Waals surface area contributed by atoms with Crippen LogP contribution >= 0.6 is 0 Å². The molecule has 3 heteroatoms. The van der Waals surface area contributed by atoms with Crippen LogP contribution in [0.4, 0.5) is 0 Å². The van der Waals surface area contributed by atoms with Gasteiger partial charge in [-0.25, -0.2) is 0 Å². The third kappa shape index (κ3) is 4.94. The van der Waals surface area contributed by atoms with Gasteiger partial charge in [0.25, 0.3) is 0 Å².